The smallest absolute Gasteiger partial charge is 0.390 e. The summed E-state index contributed by atoms with van der Waals surface area (Å²) in [6, 6.07) is -1.89. The van der Waals surface area contributed by atoms with E-state index >= 15 is 0 Å². The van der Waals surface area contributed by atoms with E-state index in [1.807, 2.05) is 5.32 Å². The Morgan fingerprint density at radius 3 is 2.71 bits per heavy atom. The van der Waals surface area contributed by atoms with E-state index < -0.39 is 50.8 Å². The van der Waals surface area contributed by atoms with E-state index in [1.165, 1.54) is 0 Å². The van der Waals surface area contributed by atoms with Crippen LogP contribution in [0.3, 0.4) is 0 Å². The molecule has 0 bridgehead atoms. The molecule has 1 saturated heterocycles. The first kappa shape index (κ1) is 16.8. The molecule has 4 N–H and O–H groups in total. The molecule has 3 atom stereocenters. The highest BCUT2D eigenvalue weighted by Crippen LogP contribution is 2.37. The zero-order chi connectivity index (χ0) is 17.6. The van der Waals surface area contributed by atoms with Gasteiger partial charge in [-0.25, -0.2) is 19.1 Å². The van der Waals surface area contributed by atoms with Crippen LogP contribution in [0.4, 0.5) is 9.59 Å². The first-order chi connectivity index (χ1) is 11.2. The molecule has 13 nitrogen and oxygen atoms in total. The average Bonchev–Trinajstić information content (AvgIpc) is 2.96. The van der Waals surface area contributed by atoms with Gasteiger partial charge in [0.05, 0.1) is 12.7 Å². The summed E-state index contributed by atoms with van der Waals surface area (Å²) in [4.78, 5) is 60.0. The van der Waals surface area contributed by atoms with Crippen LogP contribution in [0.25, 0.3) is 0 Å². The summed E-state index contributed by atoms with van der Waals surface area (Å²) in [5.41, 5.74) is -0.354. The van der Waals surface area contributed by atoms with Gasteiger partial charge in [-0.1, -0.05) is 0 Å². The molecule has 0 spiro atoms. The zero-order valence-electron chi connectivity index (χ0n) is 11.7. The van der Waals surface area contributed by atoms with Crippen molar-refractivity contribution >= 4 is 37.3 Å². The summed E-state index contributed by atoms with van der Waals surface area (Å²) in [5.74, 6) is -1.19. The van der Waals surface area contributed by atoms with Crippen molar-refractivity contribution in [3.63, 3.8) is 0 Å². The van der Waals surface area contributed by atoms with Gasteiger partial charge >= 0.3 is 19.9 Å². The molecule has 0 aromatic carbocycles. The number of fused-ring (bicyclic) bond motifs is 1. The molecular formula is C10H11N4O9P. The first-order valence-corrected chi connectivity index (χ1v) is 8.08. The molecule has 0 aromatic heterocycles. The Labute approximate surface area is 133 Å². The minimum absolute atomic E-state index is 0.154. The van der Waals surface area contributed by atoms with Gasteiger partial charge in [0.15, 0.2) is 11.5 Å². The lowest BCUT2D eigenvalue weighted by Crippen LogP contribution is -2.50. The van der Waals surface area contributed by atoms with Gasteiger partial charge in [0.1, 0.15) is 12.3 Å². The normalized spacial score (nSPS) is 30.2. The number of imide groups is 1. The molecule has 5 amide bonds. The Hall–Kier alpha value is -2.02. The lowest BCUT2D eigenvalue weighted by molar-refractivity contribution is -0.113. The van der Waals surface area contributed by atoms with Crippen molar-refractivity contribution in [2.45, 2.75) is 24.9 Å². The van der Waals surface area contributed by atoms with Crippen LogP contribution in [-0.2, 0) is 18.6 Å². The molecule has 14 heteroatoms. The fourth-order valence-corrected chi connectivity index (χ4v) is 2.74. The minimum Gasteiger partial charge on any atom is -0.390 e. The average molecular weight is 362 g/mol. The number of carbonyl (C=O) groups excluding carboxylic acids is 3. The SMILES string of the molecule is O=C1N=C2C(=NC(=O)N2[C@H]2C[C@H](O)[C@@H](COP(=O)(O)O)O2)C(=O)N1. The highest BCUT2D eigenvalue weighted by Gasteiger charge is 2.48. The maximum absolute atomic E-state index is 12.0. The van der Waals surface area contributed by atoms with Crippen LogP contribution < -0.4 is 5.32 Å². The molecule has 0 saturated carbocycles. The number of phosphoric ester groups is 1. The van der Waals surface area contributed by atoms with Crippen LogP contribution in [0.15, 0.2) is 9.98 Å². The summed E-state index contributed by atoms with van der Waals surface area (Å²) in [7, 11) is -4.76. The molecule has 0 radical (unpaired) electrons. The number of hydrogen-bond acceptors (Lipinski definition) is 7. The number of ether oxygens (including phenoxy) is 1. The summed E-state index contributed by atoms with van der Waals surface area (Å²) in [5, 5.41) is 11.7. The maximum atomic E-state index is 12.0. The monoisotopic (exact) mass is 362 g/mol. The Morgan fingerprint density at radius 2 is 2.04 bits per heavy atom. The third-order valence-electron chi connectivity index (χ3n) is 3.40. The minimum atomic E-state index is -4.76. The molecule has 24 heavy (non-hydrogen) atoms. The molecule has 1 fully saturated rings. The Morgan fingerprint density at radius 1 is 1.33 bits per heavy atom. The number of aliphatic hydroxyl groups is 1. The number of aliphatic hydroxyl groups excluding tert-OH is 1. The molecule has 3 aliphatic heterocycles. The van der Waals surface area contributed by atoms with Crippen molar-refractivity contribution < 1.29 is 43.1 Å². The van der Waals surface area contributed by atoms with E-state index in [4.69, 9.17) is 14.5 Å². The lowest BCUT2D eigenvalue weighted by Gasteiger charge is -2.24. The molecule has 3 aliphatic rings. The second kappa shape index (κ2) is 5.81. The fourth-order valence-electron chi connectivity index (χ4n) is 2.40. The maximum Gasteiger partial charge on any atom is 0.469 e. The van der Waals surface area contributed by atoms with Crippen molar-refractivity contribution in [2.24, 2.45) is 9.98 Å². The van der Waals surface area contributed by atoms with Gasteiger partial charge in [0.2, 0.25) is 0 Å². The van der Waals surface area contributed by atoms with Crippen LogP contribution in [0.2, 0.25) is 0 Å². The van der Waals surface area contributed by atoms with E-state index in [2.05, 4.69) is 14.5 Å². The van der Waals surface area contributed by atoms with Crippen LogP contribution in [-0.4, -0.2) is 74.4 Å². The highest BCUT2D eigenvalue weighted by atomic mass is 31.2. The molecule has 3 heterocycles. The number of amidine groups is 1. The molecular weight excluding hydrogens is 351 g/mol. The number of nitrogens with zero attached hydrogens (tertiary/aromatic N) is 3. The second-order valence-corrected chi connectivity index (χ2v) is 6.27. The predicted molar refractivity (Wildman–Crippen MR) is 72.9 cm³/mol. The van der Waals surface area contributed by atoms with Gasteiger partial charge in [-0.2, -0.15) is 9.98 Å². The van der Waals surface area contributed by atoms with E-state index in [9.17, 15) is 24.1 Å². The first-order valence-electron chi connectivity index (χ1n) is 6.55. The van der Waals surface area contributed by atoms with Gasteiger partial charge in [-0.3, -0.25) is 14.6 Å². The zero-order valence-corrected chi connectivity index (χ0v) is 12.6. The van der Waals surface area contributed by atoms with Gasteiger partial charge in [0, 0.05) is 6.42 Å². The Bertz CT molecular complexity index is 728. The van der Waals surface area contributed by atoms with Crippen LogP contribution in [0, 0.1) is 0 Å². The van der Waals surface area contributed by atoms with Crippen molar-refractivity contribution in [3.05, 3.63) is 0 Å². The second-order valence-electron chi connectivity index (χ2n) is 5.03. The topological polar surface area (TPSA) is 187 Å². The Kier molecular flexibility index (Phi) is 4.07. The van der Waals surface area contributed by atoms with Gasteiger partial charge in [-0.05, 0) is 0 Å². The van der Waals surface area contributed by atoms with Crippen LogP contribution in [0.1, 0.15) is 6.42 Å². The summed E-state index contributed by atoms with van der Waals surface area (Å²) >= 11 is 0. The third kappa shape index (κ3) is 3.13. The van der Waals surface area contributed by atoms with Gasteiger partial charge < -0.3 is 19.6 Å². The van der Waals surface area contributed by atoms with E-state index in [1.54, 1.807) is 0 Å². The van der Waals surface area contributed by atoms with Crippen LogP contribution in [0.5, 0.6) is 0 Å². The number of amides is 5. The molecule has 0 aromatic rings. The highest BCUT2D eigenvalue weighted by molar-refractivity contribution is 7.46. The number of rotatable bonds is 4. The Balaban J connectivity index is 1.76. The molecule has 130 valence electrons. The van der Waals surface area contributed by atoms with Crippen LogP contribution >= 0.6 is 7.82 Å². The molecule has 0 aliphatic carbocycles. The van der Waals surface area contributed by atoms with Gasteiger partial charge in [0.25, 0.3) is 5.91 Å². The fraction of sp³-hybridized carbons (Fsp3) is 0.500. The van der Waals surface area contributed by atoms with Gasteiger partial charge in [-0.15, -0.1) is 0 Å². The van der Waals surface area contributed by atoms with E-state index in [0.29, 0.717) is 0 Å². The summed E-state index contributed by atoms with van der Waals surface area (Å²) in [6.07, 6.45) is -3.62. The molecule has 3 rings (SSSR count). The number of carbonyl (C=O) groups is 3. The number of urea groups is 2. The van der Waals surface area contributed by atoms with Crippen molar-refractivity contribution in [3.8, 4) is 0 Å². The van der Waals surface area contributed by atoms with Crippen molar-refractivity contribution in [1.82, 2.24) is 10.2 Å². The summed E-state index contributed by atoms with van der Waals surface area (Å²) in [6.45, 7) is -0.621. The predicted octanol–water partition coefficient (Wildman–Crippen LogP) is -1.90. The third-order valence-corrected chi connectivity index (χ3v) is 3.88. The number of hydrogen-bond donors (Lipinski definition) is 4. The quantitative estimate of drug-likeness (QED) is 0.414. The number of aliphatic imine (C=N–C) groups is 2. The molecule has 0 unspecified atom stereocenters. The lowest BCUT2D eigenvalue weighted by atomic mass is 10.2. The van der Waals surface area contributed by atoms with E-state index in [0.717, 1.165) is 4.90 Å². The largest absolute Gasteiger partial charge is 0.469 e. The number of phosphoric acid groups is 1. The van der Waals surface area contributed by atoms with Crippen molar-refractivity contribution in [2.75, 3.05) is 6.61 Å². The van der Waals surface area contributed by atoms with E-state index in [-0.39, 0.29) is 18.0 Å². The summed E-state index contributed by atoms with van der Waals surface area (Å²) < 4.78 is 20.3. The standard InChI is InChI=1S/C10H11N4O9P/c15-3-1-5(23-4(3)2-22-24(19,20)21)14-7-6(11-10(14)18)8(16)13-9(17)12-7/h3-5,15H,1-2H2,(H,13,16,17)(H2,19,20,21)/t3-,4+,5+/m0/s1. The van der Waals surface area contributed by atoms with Crippen molar-refractivity contribution in [1.29, 1.82) is 0 Å². The number of nitrogens with one attached hydrogen (secondary N) is 1.